The number of benzene rings is 1. The zero-order chi connectivity index (χ0) is 16.4. The van der Waals surface area contributed by atoms with E-state index in [0.717, 1.165) is 7.11 Å². The maximum absolute atomic E-state index is 11.9. The number of nitro groups is 1. The van der Waals surface area contributed by atoms with E-state index < -0.39 is 27.9 Å². The molecule has 0 aliphatic rings. The standard InChI is InChI=1S/C12H11N3O7/c1-5-13-11(14-22-5)6-4-7(20-2)10(16)9(15(18)19)8(6)12(17)21-3/h4,16H,1-3H3. The fourth-order valence-electron chi connectivity index (χ4n) is 1.86. The summed E-state index contributed by atoms with van der Waals surface area (Å²) >= 11 is 0. The van der Waals surface area contributed by atoms with Crippen molar-refractivity contribution in [3.8, 4) is 22.9 Å². The maximum Gasteiger partial charge on any atom is 0.345 e. The van der Waals surface area contributed by atoms with E-state index in [1.807, 2.05) is 0 Å². The second-order valence-corrected chi connectivity index (χ2v) is 4.08. The Kier molecular flexibility index (Phi) is 3.93. The van der Waals surface area contributed by atoms with Crippen LogP contribution in [0, 0.1) is 17.0 Å². The van der Waals surface area contributed by atoms with E-state index in [0.29, 0.717) is 0 Å². The van der Waals surface area contributed by atoms with Crippen LogP contribution < -0.4 is 4.74 Å². The van der Waals surface area contributed by atoms with Gasteiger partial charge >= 0.3 is 11.7 Å². The van der Waals surface area contributed by atoms with Gasteiger partial charge in [-0.25, -0.2) is 4.79 Å². The molecule has 10 heteroatoms. The smallest absolute Gasteiger partial charge is 0.345 e. The number of nitro benzene ring substituents is 1. The second-order valence-electron chi connectivity index (χ2n) is 4.08. The van der Waals surface area contributed by atoms with Gasteiger partial charge in [0.2, 0.25) is 17.5 Å². The number of nitrogens with zero attached hydrogens (tertiary/aromatic N) is 3. The van der Waals surface area contributed by atoms with Gasteiger partial charge < -0.3 is 19.1 Å². The average molecular weight is 309 g/mol. The van der Waals surface area contributed by atoms with Gasteiger partial charge in [0, 0.05) is 12.5 Å². The molecule has 0 amide bonds. The minimum atomic E-state index is -1.03. The molecule has 0 saturated heterocycles. The molecule has 0 aliphatic carbocycles. The SMILES string of the molecule is COC(=O)c1c(-c2noc(C)n2)cc(OC)c(O)c1[N+](=O)[O-]. The molecule has 2 rings (SSSR count). The lowest BCUT2D eigenvalue weighted by Gasteiger charge is -2.10. The van der Waals surface area contributed by atoms with Gasteiger partial charge in [-0.1, -0.05) is 5.16 Å². The molecule has 2 aromatic rings. The van der Waals surface area contributed by atoms with Gasteiger partial charge in [0.05, 0.1) is 19.1 Å². The van der Waals surface area contributed by atoms with E-state index in [1.165, 1.54) is 20.1 Å². The highest BCUT2D eigenvalue weighted by Gasteiger charge is 2.34. The number of carbonyl (C=O) groups excluding carboxylic acids is 1. The number of ether oxygens (including phenoxy) is 2. The monoisotopic (exact) mass is 309 g/mol. The van der Waals surface area contributed by atoms with Crippen LogP contribution in [0.2, 0.25) is 0 Å². The highest BCUT2D eigenvalue weighted by molar-refractivity contribution is 6.02. The van der Waals surface area contributed by atoms with E-state index in [-0.39, 0.29) is 23.0 Å². The van der Waals surface area contributed by atoms with E-state index in [4.69, 9.17) is 9.26 Å². The molecule has 1 N–H and O–H groups in total. The van der Waals surface area contributed by atoms with Gasteiger partial charge in [-0.15, -0.1) is 0 Å². The average Bonchev–Trinajstić information content (AvgIpc) is 2.91. The molecule has 0 radical (unpaired) electrons. The van der Waals surface area contributed by atoms with Crippen molar-refractivity contribution in [2.75, 3.05) is 14.2 Å². The Morgan fingerprint density at radius 3 is 2.59 bits per heavy atom. The Labute approximate surface area is 123 Å². The predicted molar refractivity (Wildman–Crippen MR) is 70.7 cm³/mol. The Morgan fingerprint density at radius 2 is 2.14 bits per heavy atom. The van der Waals surface area contributed by atoms with Crippen molar-refractivity contribution in [1.29, 1.82) is 0 Å². The van der Waals surface area contributed by atoms with Gasteiger partial charge in [-0.2, -0.15) is 4.98 Å². The number of hydrogen-bond acceptors (Lipinski definition) is 9. The van der Waals surface area contributed by atoms with Crippen molar-refractivity contribution in [3.63, 3.8) is 0 Å². The van der Waals surface area contributed by atoms with Crippen LogP contribution in [0.25, 0.3) is 11.4 Å². The quantitative estimate of drug-likeness (QED) is 0.505. The molecule has 1 aromatic heterocycles. The molecule has 10 nitrogen and oxygen atoms in total. The van der Waals surface area contributed by atoms with Crippen LogP contribution in [0.3, 0.4) is 0 Å². The first-order chi connectivity index (χ1) is 10.4. The fourth-order valence-corrected chi connectivity index (χ4v) is 1.86. The molecule has 0 spiro atoms. The zero-order valence-electron chi connectivity index (χ0n) is 11.8. The first-order valence-corrected chi connectivity index (χ1v) is 5.88. The lowest BCUT2D eigenvalue weighted by Crippen LogP contribution is -2.09. The number of aromatic nitrogens is 2. The molecular weight excluding hydrogens is 298 g/mol. The second kappa shape index (κ2) is 5.68. The van der Waals surface area contributed by atoms with E-state index in [9.17, 15) is 20.0 Å². The Bertz CT molecular complexity index is 753. The number of carbonyl (C=O) groups is 1. The zero-order valence-corrected chi connectivity index (χ0v) is 11.8. The normalized spacial score (nSPS) is 10.3. The van der Waals surface area contributed by atoms with E-state index in [1.54, 1.807) is 0 Å². The summed E-state index contributed by atoms with van der Waals surface area (Å²) in [7, 11) is 2.26. The van der Waals surface area contributed by atoms with Gasteiger partial charge in [0.1, 0.15) is 0 Å². The largest absolute Gasteiger partial charge is 0.499 e. The van der Waals surface area contributed by atoms with Gasteiger partial charge in [0.25, 0.3) is 0 Å². The Hall–Kier alpha value is -3.17. The summed E-state index contributed by atoms with van der Waals surface area (Å²) in [6, 6.07) is 1.19. The fraction of sp³-hybridized carbons (Fsp3) is 0.250. The Morgan fingerprint density at radius 1 is 1.45 bits per heavy atom. The molecule has 0 atom stereocenters. The number of aromatic hydroxyl groups is 1. The van der Waals surface area contributed by atoms with Gasteiger partial charge in [0.15, 0.2) is 11.3 Å². The molecule has 1 heterocycles. The van der Waals surface area contributed by atoms with E-state index >= 15 is 0 Å². The van der Waals surface area contributed by atoms with Crippen LogP contribution in [0.5, 0.6) is 11.5 Å². The van der Waals surface area contributed by atoms with Crippen molar-refractivity contribution < 1.29 is 28.8 Å². The molecule has 22 heavy (non-hydrogen) atoms. The molecule has 0 bridgehead atoms. The summed E-state index contributed by atoms with van der Waals surface area (Å²) in [6.07, 6.45) is 0. The summed E-state index contributed by atoms with van der Waals surface area (Å²) < 4.78 is 14.2. The molecule has 0 saturated carbocycles. The molecule has 116 valence electrons. The van der Waals surface area contributed by atoms with E-state index in [2.05, 4.69) is 14.9 Å². The number of aryl methyl sites for hydroxylation is 1. The maximum atomic E-state index is 11.9. The molecule has 1 aromatic carbocycles. The summed E-state index contributed by atoms with van der Waals surface area (Å²) in [5.41, 5.74) is -1.40. The minimum absolute atomic E-state index is 0.0509. The Balaban J connectivity index is 2.88. The number of rotatable bonds is 4. The summed E-state index contributed by atoms with van der Waals surface area (Å²) in [6.45, 7) is 1.51. The van der Waals surface area contributed by atoms with Crippen molar-refractivity contribution in [2.24, 2.45) is 0 Å². The molecular formula is C12H11N3O7. The number of phenolic OH excluding ortho intramolecular Hbond substituents is 1. The summed E-state index contributed by atoms with van der Waals surface area (Å²) in [5, 5.41) is 24.8. The first-order valence-electron chi connectivity index (χ1n) is 5.88. The third-order valence-corrected chi connectivity index (χ3v) is 2.80. The van der Waals surface area contributed by atoms with Crippen LogP contribution in [-0.4, -0.2) is 40.4 Å². The lowest BCUT2D eigenvalue weighted by molar-refractivity contribution is -0.386. The van der Waals surface area contributed by atoms with Gasteiger partial charge in [-0.3, -0.25) is 10.1 Å². The summed E-state index contributed by atoms with van der Waals surface area (Å²) in [4.78, 5) is 26.2. The summed E-state index contributed by atoms with van der Waals surface area (Å²) in [5.74, 6) is -1.91. The van der Waals surface area contributed by atoms with Crippen LogP contribution in [0.15, 0.2) is 10.6 Å². The number of methoxy groups -OCH3 is 2. The third kappa shape index (κ3) is 2.41. The van der Waals surface area contributed by atoms with Crippen LogP contribution in [0.4, 0.5) is 5.69 Å². The molecule has 0 fully saturated rings. The van der Waals surface area contributed by atoms with Crippen LogP contribution >= 0.6 is 0 Å². The van der Waals surface area contributed by atoms with Crippen molar-refractivity contribution in [1.82, 2.24) is 10.1 Å². The molecule has 0 unspecified atom stereocenters. The van der Waals surface area contributed by atoms with Gasteiger partial charge in [-0.05, 0) is 6.07 Å². The number of esters is 1. The highest BCUT2D eigenvalue weighted by Crippen LogP contribution is 2.43. The molecule has 0 aliphatic heterocycles. The topological polar surface area (TPSA) is 138 Å². The minimum Gasteiger partial charge on any atom is -0.499 e. The van der Waals surface area contributed by atoms with Crippen LogP contribution in [-0.2, 0) is 4.74 Å². The van der Waals surface area contributed by atoms with Crippen molar-refractivity contribution in [2.45, 2.75) is 6.92 Å². The van der Waals surface area contributed by atoms with Crippen LogP contribution in [0.1, 0.15) is 16.2 Å². The van der Waals surface area contributed by atoms with Crippen molar-refractivity contribution in [3.05, 3.63) is 27.6 Å². The third-order valence-electron chi connectivity index (χ3n) is 2.80. The number of hydrogen-bond donors (Lipinski definition) is 1. The first kappa shape index (κ1) is 15.2. The lowest BCUT2D eigenvalue weighted by atomic mass is 10.0. The van der Waals surface area contributed by atoms with Crippen molar-refractivity contribution >= 4 is 11.7 Å². The predicted octanol–water partition coefficient (Wildman–Crippen LogP) is 1.45. The highest BCUT2D eigenvalue weighted by atomic mass is 16.6. The number of phenols is 1.